The molecule has 2 N–H and O–H groups in total. The monoisotopic (exact) mass is 327 g/mol. The first-order valence-corrected chi connectivity index (χ1v) is 7.51. The van der Waals surface area contributed by atoms with E-state index in [1.807, 2.05) is 6.92 Å². The van der Waals surface area contributed by atoms with Gasteiger partial charge in [-0.2, -0.15) is 0 Å². The van der Waals surface area contributed by atoms with Crippen LogP contribution >= 0.6 is 15.9 Å². The molecule has 1 aromatic heterocycles. The van der Waals surface area contributed by atoms with Crippen LogP contribution in [0.25, 0.3) is 0 Å². The quantitative estimate of drug-likeness (QED) is 0.872. The Bertz CT molecular complexity index is 449. The third-order valence-corrected chi connectivity index (χ3v) is 4.84. The lowest BCUT2D eigenvalue weighted by Gasteiger charge is -2.31. The van der Waals surface area contributed by atoms with Gasteiger partial charge in [0.15, 0.2) is 0 Å². The highest BCUT2D eigenvalue weighted by atomic mass is 79.9. The Morgan fingerprint density at radius 1 is 1.58 bits per heavy atom. The van der Waals surface area contributed by atoms with E-state index >= 15 is 0 Å². The number of pyridine rings is 1. The number of nitrogens with zero attached hydrogens (tertiary/aromatic N) is 2. The third kappa shape index (κ3) is 3.20. The number of hydrogen-bond acceptors (Lipinski definition) is 4. The van der Waals surface area contributed by atoms with Crippen molar-refractivity contribution in [2.24, 2.45) is 5.92 Å². The van der Waals surface area contributed by atoms with Crippen molar-refractivity contribution in [2.45, 2.75) is 32.7 Å². The molecule has 1 atom stereocenters. The highest BCUT2D eigenvalue weighted by Gasteiger charge is 2.33. The van der Waals surface area contributed by atoms with Crippen LogP contribution in [0.5, 0.6) is 0 Å². The van der Waals surface area contributed by atoms with Gasteiger partial charge in [-0.25, -0.2) is 4.98 Å². The molecule has 1 aromatic rings. The summed E-state index contributed by atoms with van der Waals surface area (Å²) in [6.45, 7) is 5.84. The first-order chi connectivity index (χ1) is 9.06. The molecule has 0 aliphatic heterocycles. The Labute approximate surface area is 123 Å². The molecule has 0 aromatic carbocycles. The number of methoxy groups -OCH3 is 1. The van der Waals surface area contributed by atoms with Crippen molar-refractivity contribution >= 4 is 27.4 Å². The van der Waals surface area contributed by atoms with Gasteiger partial charge >= 0.3 is 0 Å². The highest BCUT2D eigenvalue weighted by molar-refractivity contribution is 9.10. The summed E-state index contributed by atoms with van der Waals surface area (Å²) >= 11 is 3.64. The van der Waals surface area contributed by atoms with Gasteiger partial charge in [-0.1, -0.05) is 0 Å². The van der Waals surface area contributed by atoms with Crippen LogP contribution in [0.15, 0.2) is 10.7 Å². The molecular formula is C14H22BrN3O. The maximum absolute atomic E-state index is 5.90. The molecule has 0 saturated heterocycles. The predicted octanol–water partition coefficient (Wildman–Crippen LogP) is 2.99. The molecule has 19 heavy (non-hydrogen) atoms. The summed E-state index contributed by atoms with van der Waals surface area (Å²) in [5.74, 6) is 1.76. The fourth-order valence-electron chi connectivity index (χ4n) is 2.30. The van der Waals surface area contributed by atoms with Gasteiger partial charge < -0.3 is 15.4 Å². The minimum absolute atomic E-state index is 0.488. The Morgan fingerprint density at radius 2 is 2.26 bits per heavy atom. The van der Waals surface area contributed by atoms with Crippen LogP contribution in [-0.2, 0) is 4.74 Å². The largest absolute Gasteiger partial charge is 0.397 e. The van der Waals surface area contributed by atoms with Crippen LogP contribution in [0.1, 0.15) is 25.3 Å². The van der Waals surface area contributed by atoms with Gasteiger partial charge in [0.1, 0.15) is 5.82 Å². The molecule has 2 rings (SSSR count). The predicted molar refractivity (Wildman–Crippen MR) is 82.5 cm³/mol. The van der Waals surface area contributed by atoms with Gasteiger partial charge in [0.25, 0.3) is 0 Å². The minimum Gasteiger partial charge on any atom is -0.397 e. The van der Waals surface area contributed by atoms with Gasteiger partial charge in [0.2, 0.25) is 0 Å². The lowest BCUT2D eigenvalue weighted by atomic mass is 10.1. The normalized spacial score (nSPS) is 16.4. The second-order valence-electron chi connectivity index (χ2n) is 5.24. The standard InChI is InChI=1S/C14H22BrN3O/c1-9-12(16)8-17-14(13(9)15)18(6-7-19-3)10(2)11-4-5-11/h8,10-11H,4-7,16H2,1-3H3. The van der Waals surface area contributed by atoms with Gasteiger partial charge in [-0.15, -0.1) is 0 Å². The second kappa shape index (κ2) is 6.09. The zero-order valence-corrected chi connectivity index (χ0v) is 13.4. The van der Waals surface area contributed by atoms with Crippen LogP contribution < -0.4 is 10.6 Å². The summed E-state index contributed by atoms with van der Waals surface area (Å²) in [6.07, 6.45) is 4.38. The summed E-state index contributed by atoms with van der Waals surface area (Å²) in [7, 11) is 1.73. The fourth-order valence-corrected chi connectivity index (χ4v) is 2.86. The number of halogens is 1. The van der Waals surface area contributed by atoms with Crippen molar-refractivity contribution in [3.63, 3.8) is 0 Å². The number of anilines is 2. The van der Waals surface area contributed by atoms with Gasteiger partial charge in [0.05, 0.1) is 23.0 Å². The molecule has 1 heterocycles. The lowest BCUT2D eigenvalue weighted by Crippen LogP contribution is -2.38. The maximum atomic E-state index is 5.90. The van der Waals surface area contributed by atoms with Gasteiger partial charge in [-0.3, -0.25) is 0 Å². The van der Waals surface area contributed by atoms with Crippen molar-refractivity contribution in [2.75, 3.05) is 30.9 Å². The summed E-state index contributed by atoms with van der Waals surface area (Å²) < 4.78 is 6.22. The number of nitrogen functional groups attached to an aromatic ring is 1. The molecule has 0 radical (unpaired) electrons. The average Bonchev–Trinajstić information content (AvgIpc) is 3.22. The van der Waals surface area contributed by atoms with Crippen molar-refractivity contribution in [3.8, 4) is 0 Å². The van der Waals surface area contributed by atoms with E-state index in [2.05, 4.69) is 32.7 Å². The van der Waals surface area contributed by atoms with Crippen molar-refractivity contribution < 1.29 is 4.74 Å². The third-order valence-electron chi connectivity index (χ3n) is 3.89. The number of aromatic nitrogens is 1. The van der Waals surface area contributed by atoms with E-state index in [0.29, 0.717) is 12.6 Å². The van der Waals surface area contributed by atoms with Gasteiger partial charge in [0, 0.05) is 19.7 Å². The Balaban J connectivity index is 2.28. The molecule has 106 valence electrons. The Hall–Kier alpha value is -0.810. The summed E-state index contributed by atoms with van der Waals surface area (Å²) in [5.41, 5.74) is 7.68. The van der Waals surface area contributed by atoms with E-state index < -0.39 is 0 Å². The van der Waals surface area contributed by atoms with Gasteiger partial charge in [-0.05, 0) is 54.1 Å². The minimum atomic E-state index is 0.488. The molecule has 1 aliphatic rings. The number of ether oxygens (including phenoxy) is 1. The van der Waals surface area contributed by atoms with E-state index in [4.69, 9.17) is 10.5 Å². The van der Waals surface area contributed by atoms with E-state index in [0.717, 1.165) is 34.0 Å². The first-order valence-electron chi connectivity index (χ1n) is 6.72. The van der Waals surface area contributed by atoms with E-state index in [9.17, 15) is 0 Å². The Morgan fingerprint density at radius 3 is 2.84 bits per heavy atom. The molecular weight excluding hydrogens is 306 g/mol. The van der Waals surface area contributed by atoms with Crippen molar-refractivity contribution in [1.82, 2.24) is 4.98 Å². The zero-order valence-electron chi connectivity index (χ0n) is 11.8. The van der Waals surface area contributed by atoms with Crippen LogP contribution in [0.4, 0.5) is 11.5 Å². The molecule has 4 nitrogen and oxygen atoms in total. The maximum Gasteiger partial charge on any atom is 0.143 e. The smallest absolute Gasteiger partial charge is 0.143 e. The zero-order chi connectivity index (χ0) is 14.0. The second-order valence-corrected chi connectivity index (χ2v) is 6.03. The molecule has 0 bridgehead atoms. The van der Waals surface area contributed by atoms with Crippen LogP contribution in [0.3, 0.4) is 0 Å². The molecule has 5 heteroatoms. The van der Waals surface area contributed by atoms with Crippen LogP contribution in [0.2, 0.25) is 0 Å². The van der Waals surface area contributed by atoms with E-state index in [-0.39, 0.29) is 0 Å². The van der Waals surface area contributed by atoms with E-state index in [1.54, 1.807) is 13.3 Å². The summed E-state index contributed by atoms with van der Waals surface area (Å²) in [5, 5.41) is 0. The SMILES string of the molecule is COCCN(c1ncc(N)c(C)c1Br)C(C)C1CC1. The molecule has 1 saturated carbocycles. The molecule has 1 aliphatic carbocycles. The Kier molecular flexibility index (Phi) is 4.68. The van der Waals surface area contributed by atoms with Crippen LogP contribution in [0, 0.1) is 12.8 Å². The molecule has 1 unspecified atom stereocenters. The van der Waals surface area contributed by atoms with Crippen molar-refractivity contribution in [1.29, 1.82) is 0 Å². The molecule has 0 amide bonds. The number of rotatable bonds is 6. The number of hydrogen-bond donors (Lipinski definition) is 1. The summed E-state index contributed by atoms with van der Waals surface area (Å²) in [6, 6.07) is 0.488. The van der Waals surface area contributed by atoms with Crippen LogP contribution in [-0.4, -0.2) is 31.3 Å². The highest BCUT2D eigenvalue weighted by Crippen LogP contribution is 2.39. The van der Waals surface area contributed by atoms with Crippen molar-refractivity contribution in [3.05, 3.63) is 16.2 Å². The fraction of sp³-hybridized carbons (Fsp3) is 0.643. The number of nitrogens with two attached hydrogens (primary N) is 1. The lowest BCUT2D eigenvalue weighted by molar-refractivity contribution is 0.202. The topological polar surface area (TPSA) is 51.4 Å². The van der Waals surface area contributed by atoms with E-state index in [1.165, 1.54) is 12.8 Å². The summed E-state index contributed by atoms with van der Waals surface area (Å²) in [4.78, 5) is 6.85. The molecule has 1 fully saturated rings. The molecule has 0 spiro atoms. The first kappa shape index (κ1) is 14.6. The average molecular weight is 328 g/mol.